The molecule has 0 aromatic heterocycles. The summed E-state index contributed by atoms with van der Waals surface area (Å²) in [7, 11) is -4.54. The molecule has 10 heteroatoms. The van der Waals surface area contributed by atoms with Crippen LogP contribution in [-0.2, 0) is 30.3 Å². The molecule has 0 saturated heterocycles. The number of nitrogens with zero attached hydrogens (tertiary/aromatic N) is 2. The van der Waals surface area contributed by atoms with Gasteiger partial charge in [0, 0.05) is 45.9 Å². The Morgan fingerprint density at radius 3 is 2.41 bits per heavy atom. The monoisotopic (exact) mass is 543 g/mol. The Hall–Kier alpha value is -2.47. The first kappa shape index (κ1) is 27.6. The van der Waals surface area contributed by atoms with E-state index >= 15 is 0 Å². The molecule has 0 unspecified atom stereocenters. The molecule has 2 heterocycles. The van der Waals surface area contributed by atoms with E-state index in [1.165, 1.54) is 12.1 Å². The third-order valence-electron chi connectivity index (χ3n) is 7.31. The SMILES string of the molecule is CCN1C(=CC=CC2=[N+](CC)c3ccc(SOO[O-])cc3C2(C)C)C(C)(C)c2cc(S(=O)(=O)[O-])ccc21. The second-order valence-electron chi connectivity index (χ2n) is 10.1. The van der Waals surface area contributed by atoms with Gasteiger partial charge in [0.25, 0.3) is 0 Å². The molecule has 198 valence electrons. The van der Waals surface area contributed by atoms with Crippen molar-refractivity contribution in [3.8, 4) is 0 Å². The van der Waals surface area contributed by atoms with E-state index in [1.54, 1.807) is 6.07 Å². The van der Waals surface area contributed by atoms with Gasteiger partial charge in [0.1, 0.15) is 16.7 Å². The molecule has 0 radical (unpaired) electrons. The third-order valence-corrected chi connectivity index (χ3v) is 8.72. The predicted octanol–water partition coefficient (Wildman–Crippen LogP) is 4.48. The summed E-state index contributed by atoms with van der Waals surface area (Å²) in [5, 5.41) is 13.7. The highest BCUT2D eigenvalue weighted by Crippen LogP contribution is 2.48. The summed E-state index contributed by atoms with van der Waals surface area (Å²) in [6, 6.07) is 10.5. The van der Waals surface area contributed by atoms with E-state index in [-0.39, 0.29) is 10.3 Å². The van der Waals surface area contributed by atoms with E-state index in [0.29, 0.717) is 6.54 Å². The zero-order valence-electron chi connectivity index (χ0n) is 21.8. The van der Waals surface area contributed by atoms with Gasteiger partial charge in [-0.2, -0.15) is 8.91 Å². The van der Waals surface area contributed by atoms with Crippen LogP contribution < -0.4 is 10.2 Å². The molecule has 2 aromatic rings. The van der Waals surface area contributed by atoms with Crippen LogP contribution in [0.4, 0.5) is 11.4 Å². The summed E-state index contributed by atoms with van der Waals surface area (Å²) in [5.41, 5.74) is 5.30. The summed E-state index contributed by atoms with van der Waals surface area (Å²) in [6.45, 7) is 14.0. The first-order chi connectivity index (χ1) is 17.4. The number of hydrogen-bond acceptors (Lipinski definition) is 8. The fourth-order valence-electron chi connectivity index (χ4n) is 5.48. The first-order valence-electron chi connectivity index (χ1n) is 12.1. The molecule has 8 nitrogen and oxygen atoms in total. The third kappa shape index (κ3) is 4.78. The van der Waals surface area contributed by atoms with Gasteiger partial charge in [-0.1, -0.05) is 19.9 Å². The molecule has 0 aliphatic carbocycles. The molecular weight excluding hydrogens is 512 g/mol. The summed E-state index contributed by atoms with van der Waals surface area (Å²) in [5.74, 6) is 0. The van der Waals surface area contributed by atoms with Gasteiger partial charge in [-0.05, 0) is 69.7 Å². The van der Waals surface area contributed by atoms with E-state index in [1.807, 2.05) is 45.0 Å². The Morgan fingerprint density at radius 1 is 1.05 bits per heavy atom. The number of allylic oxidation sites excluding steroid dienone is 4. The molecule has 0 amide bonds. The molecule has 0 saturated carbocycles. The van der Waals surface area contributed by atoms with Crippen LogP contribution in [0, 0.1) is 0 Å². The van der Waals surface area contributed by atoms with Gasteiger partial charge in [-0.3, -0.25) is 5.04 Å². The van der Waals surface area contributed by atoms with E-state index < -0.39 is 15.5 Å². The van der Waals surface area contributed by atoms with E-state index in [4.69, 9.17) is 0 Å². The average molecular weight is 544 g/mol. The Balaban J connectivity index is 1.72. The minimum atomic E-state index is -4.54. The van der Waals surface area contributed by atoms with E-state index in [9.17, 15) is 18.2 Å². The summed E-state index contributed by atoms with van der Waals surface area (Å²) < 4.78 is 41.7. The van der Waals surface area contributed by atoms with Crippen LogP contribution in [0.1, 0.15) is 52.7 Å². The maximum absolute atomic E-state index is 11.7. The quantitative estimate of drug-likeness (QED) is 0.158. The second-order valence-corrected chi connectivity index (χ2v) is 12.2. The molecule has 0 atom stereocenters. The Kier molecular flexibility index (Phi) is 7.46. The van der Waals surface area contributed by atoms with Gasteiger partial charge in [0.2, 0.25) is 5.69 Å². The first-order valence-corrected chi connectivity index (χ1v) is 14.2. The Labute approximate surface area is 222 Å². The van der Waals surface area contributed by atoms with Crippen LogP contribution in [0.25, 0.3) is 0 Å². The molecular formula is C27H31N2O6S2-. The lowest BCUT2D eigenvalue weighted by Gasteiger charge is -2.25. The van der Waals surface area contributed by atoms with Crippen LogP contribution in [-0.4, -0.2) is 36.3 Å². The maximum atomic E-state index is 11.7. The smallest absolute Gasteiger partial charge is 0.209 e. The molecule has 0 spiro atoms. The number of hydrogen-bond donors (Lipinski definition) is 0. The number of fused-ring (bicyclic) bond motifs is 2. The summed E-state index contributed by atoms with van der Waals surface area (Å²) in [4.78, 5) is 2.71. The number of anilines is 1. The van der Waals surface area contributed by atoms with Crippen molar-refractivity contribution in [2.24, 2.45) is 0 Å². The van der Waals surface area contributed by atoms with Gasteiger partial charge >= 0.3 is 0 Å². The van der Waals surface area contributed by atoms with Crippen molar-refractivity contribution in [3.05, 3.63) is 71.5 Å². The van der Waals surface area contributed by atoms with Gasteiger partial charge in [-0.25, -0.2) is 8.42 Å². The molecule has 2 aromatic carbocycles. The van der Waals surface area contributed by atoms with Crippen molar-refractivity contribution in [1.82, 2.24) is 0 Å². The molecule has 0 bridgehead atoms. The molecule has 0 N–H and O–H groups in total. The average Bonchev–Trinajstić information content (AvgIpc) is 3.20. The summed E-state index contributed by atoms with van der Waals surface area (Å²) >= 11 is 0.878. The zero-order valence-corrected chi connectivity index (χ0v) is 23.4. The topological polar surface area (TPSA) is 105 Å². The Bertz CT molecular complexity index is 1420. The highest BCUT2D eigenvalue weighted by Gasteiger charge is 2.44. The van der Waals surface area contributed by atoms with Crippen LogP contribution in [0.5, 0.6) is 0 Å². The number of likely N-dealkylation sites (N-methyl/N-ethyl adjacent to an activating group) is 1. The van der Waals surface area contributed by atoms with Crippen molar-refractivity contribution in [2.75, 3.05) is 18.0 Å². The van der Waals surface area contributed by atoms with Crippen LogP contribution in [0.2, 0.25) is 0 Å². The van der Waals surface area contributed by atoms with Crippen molar-refractivity contribution >= 4 is 39.2 Å². The van der Waals surface area contributed by atoms with Crippen molar-refractivity contribution in [3.63, 3.8) is 0 Å². The fraction of sp³-hybridized carbons (Fsp3) is 0.370. The van der Waals surface area contributed by atoms with E-state index in [0.717, 1.165) is 57.4 Å². The largest absolute Gasteiger partial charge is 0.744 e. The highest BCUT2D eigenvalue weighted by atomic mass is 32.2. The Morgan fingerprint density at radius 2 is 1.78 bits per heavy atom. The maximum Gasteiger partial charge on any atom is 0.209 e. The van der Waals surface area contributed by atoms with Crippen LogP contribution in [0.15, 0.2) is 70.1 Å². The van der Waals surface area contributed by atoms with Gasteiger partial charge in [0.05, 0.1) is 22.4 Å². The van der Waals surface area contributed by atoms with Gasteiger partial charge in [0.15, 0.2) is 5.71 Å². The number of benzene rings is 2. The number of rotatable bonds is 8. The molecule has 37 heavy (non-hydrogen) atoms. The second kappa shape index (κ2) is 10.0. The van der Waals surface area contributed by atoms with Gasteiger partial charge in [-0.15, -0.1) is 0 Å². The van der Waals surface area contributed by atoms with Gasteiger partial charge < -0.3 is 14.7 Å². The van der Waals surface area contributed by atoms with Crippen LogP contribution in [0.3, 0.4) is 0 Å². The van der Waals surface area contributed by atoms with E-state index in [2.05, 4.69) is 51.8 Å². The standard InChI is InChI=1S/C27H32N2O6S2/c1-7-28-22-14-12-18(36-35-34-30)16-20(22)26(3,4)24(28)10-9-11-25-27(5,6)21-17-19(37(31,32)33)13-15-23(21)29(25)8-2/h9-17H,7-8H2,1-6H3,(H-,30,31,32,33)/p-1. The molecule has 0 fully saturated rings. The lowest BCUT2D eigenvalue weighted by molar-refractivity contribution is -0.777. The van der Waals surface area contributed by atoms with Crippen LogP contribution >= 0.6 is 12.0 Å². The minimum Gasteiger partial charge on any atom is -0.744 e. The summed E-state index contributed by atoms with van der Waals surface area (Å²) in [6.07, 6.45) is 6.21. The zero-order chi connectivity index (χ0) is 27.2. The lowest BCUT2D eigenvalue weighted by atomic mass is 9.81. The lowest BCUT2D eigenvalue weighted by Crippen LogP contribution is -2.28. The van der Waals surface area contributed by atoms with Crippen molar-refractivity contribution in [1.29, 1.82) is 0 Å². The highest BCUT2D eigenvalue weighted by molar-refractivity contribution is 7.94. The molecule has 2 aliphatic rings. The van der Waals surface area contributed by atoms with Crippen molar-refractivity contribution in [2.45, 2.75) is 62.2 Å². The molecule has 2 aliphatic heterocycles. The predicted molar refractivity (Wildman–Crippen MR) is 141 cm³/mol. The molecule has 4 rings (SSSR count). The van der Waals surface area contributed by atoms with Crippen molar-refractivity contribution < 1.29 is 32.2 Å². The minimum absolute atomic E-state index is 0.212. The fourth-order valence-corrected chi connectivity index (χ4v) is 6.37. The normalized spacial score (nSPS) is 19.2.